The molecule has 0 spiro atoms. The zero-order chi connectivity index (χ0) is 12.1. The van der Waals surface area contributed by atoms with Gasteiger partial charge in [-0.05, 0) is 17.7 Å². The summed E-state index contributed by atoms with van der Waals surface area (Å²) >= 11 is 1.70. The molecule has 0 amide bonds. The first kappa shape index (κ1) is 12.2. The van der Waals surface area contributed by atoms with E-state index in [2.05, 4.69) is 19.1 Å². The van der Waals surface area contributed by atoms with E-state index in [1.165, 1.54) is 4.90 Å². The summed E-state index contributed by atoms with van der Waals surface area (Å²) < 4.78 is 0. The van der Waals surface area contributed by atoms with Crippen LogP contribution in [0.25, 0.3) is 0 Å². The van der Waals surface area contributed by atoms with Crippen LogP contribution in [0.3, 0.4) is 0 Å². The SMILES string of the molecule is C[C@H](Sc1ccccc1)[C@H](O)c1ccccc1. The lowest BCUT2D eigenvalue weighted by atomic mass is 10.1. The van der Waals surface area contributed by atoms with E-state index in [4.69, 9.17) is 0 Å². The zero-order valence-corrected chi connectivity index (χ0v) is 10.6. The first-order chi connectivity index (χ1) is 8.27. The molecule has 0 saturated heterocycles. The second-order valence-corrected chi connectivity index (χ2v) is 5.44. The summed E-state index contributed by atoms with van der Waals surface area (Å²) in [6, 6.07) is 20.0. The van der Waals surface area contributed by atoms with E-state index in [1.807, 2.05) is 48.5 Å². The molecular weight excluding hydrogens is 228 g/mol. The van der Waals surface area contributed by atoms with Gasteiger partial charge in [-0.25, -0.2) is 0 Å². The van der Waals surface area contributed by atoms with E-state index in [-0.39, 0.29) is 5.25 Å². The summed E-state index contributed by atoms with van der Waals surface area (Å²) in [5.41, 5.74) is 0.975. The molecule has 17 heavy (non-hydrogen) atoms. The smallest absolute Gasteiger partial charge is 0.0909 e. The van der Waals surface area contributed by atoms with Crippen molar-refractivity contribution in [3.63, 3.8) is 0 Å². The standard InChI is InChI=1S/C15H16OS/c1-12(17-14-10-6-3-7-11-14)15(16)13-8-4-2-5-9-13/h2-12,15-16H,1H3/t12-,15-/m0/s1. The lowest BCUT2D eigenvalue weighted by Crippen LogP contribution is -2.10. The molecule has 2 rings (SSSR count). The Labute approximate surface area is 107 Å². The molecule has 2 heteroatoms. The Hall–Kier alpha value is -1.25. The minimum absolute atomic E-state index is 0.139. The number of hydrogen-bond donors (Lipinski definition) is 1. The molecule has 2 aromatic carbocycles. The summed E-state index contributed by atoms with van der Waals surface area (Å²) in [6.07, 6.45) is -0.429. The number of rotatable bonds is 4. The molecule has 0 bridgehead atoms. The fourth-order valence-electron chi connectivity index (χ4n) is 1.70. The Morgan fingerprint density at radius 1 is 0.882 bits per heavy atom. The van der Waals surface area contributed by atoms with Crippen LogP contribution in [0.5, 0.6) is 0 Å². The van der Waals surface area contributed by atoms with Gasteiger partial charge < -0.3 is 5.11 Å². The summed E-state index contributed by atoms with van der Waals surface area (Å²) in [6.45, 7) is 2.05. The molecule has 2 atom stereocenters. The monoisotopic (exact) mass is 244 g/mol. The quantitative estimate of drug-likeness (QED) is 0.823. The van der Waals surface area contributed by atoms with Gasteiger partial charge in [-0.15, -0.1) is 11.8 Å². The number of aliphatic hydroxyl groups is 1. The lowest BCUT2D eigenvalue weighted by molar-refractivity contribution is 0.179. The van der Waals surface area contributed by atoms with E-state index in [1.54, 1.807) is 11.8 Å². The summed E-state index contributed by atoms with van der Waals surface area (Å²) in [4.78, 5) is 1.19. The van der Waals surface area contributed by atoms with Gasteiger partial charge in [-0.1, -0.05) is 55.5 Å². The molecule has 0 aromatic heterocycles. The average molecular weight is 244 g/mol. The van der Waals surface area contributed by atoms with Crippen LogP contribution >= 0.6 is 11.8 Å². The van der Waals surface area contributed by atoms with Crippen LogP contribution in [0, 0.1) is 0 Å². The molecular formula is C15H16OS. The largest absolute Gasteiger partial charge is 0.387 e. The molecule has 0 fully saturated rings. The number of hydrogen-bond acceptors (Lipinski definition) is 2. The molecule has 0 aliphatic heterocycles. The molecule has 2 aromatic rings. The van der Waals surface area contributed by atoms with E-state index in [0.29, 0.717) is 0 Å². The minimum atomic E-state index is -0.429. The predicted molar refractivity (Wildman–Crippen MR) is 73.2 cm³/mol. The van der Waals surface area contributed by atoms with E-state index in [9.17, 15) is 5.11 Å². The van der Waals surface area contributed by atoms with Gasteiger partial charge in [0.05, 0.1) is 6.10 Å². The van der Waals surface area contributed by atoms with Crippen molar-refractivity contribution in [2.75, 3.05) is 0 Å². The molecule has 0 unspecified atom stereocenters. The number of thioether (sulfide) groups is 1. The topological polar surface area (TPSA) is 20.2 Å². The Balaban J connectivity index is 2.03. The van der Waals surface area contributed by atoms with Gasteiger partial charge in [0.25, 0.3) is 0 Å². The fourth-order valence-corrected chi connectivity index (χ4v) is 2.73. The second-order valence-electron chi connectivity index (χ2n) is 3.99. The van der Waals surface area contributed by atoms with Crippen molar-refractivity contribution in [3.05, 3.63) is 66.2 Å². The van der Waals surface area contributed by atoms with Crippen molar-refractivity contribution >= 4 is 11.8 Å². The zero-order valence-electron chi connectivity index (χ0n) is 9.78. The van der Waals surface area contributed by atoms with Crippen LogP contribution in [0.4, 0.5) is 0 Å². The molecule has 0 saturated carbocycles. The molecule has 0 aliphatic rings. The lowest BCUT2D eigenvalue weighted by Gasteiger charge is -2.18. The highest BCUT2D eigenvalue weighted by Crippen LogP contribution is 2.31. The van der Waals surface area contributed by atoms with Crippen LogP contribution in [0.1, 0.15) is 18.6 Å². The normalized spacial score (nSPS) is 14.2. The van der Waals surface area contributed by atoms with Crippen LogP contribution in [-0.4, -0.2) is 10.4 Å². The Morgan fingerprint density at radius 3 is 2.00 bits per heavy atom. The van der Waals surface area contributed by atoms with Crippen LogP contribution in [0.2, 0.25) is 0 Å². The highest BCUT2D eigenvalue weighted by Gasteiger charge is 2.16. The van der Waals surface area contributed by atoms with Crippen molar-refractivity contribution in [3.8, 4) is 0 Å². The van der Waals surface area contributed by atoms with Gasteiger partial charge >= 0.3 is 0 Å². The van der Waals surface area contributed by atoms with Gasteiger partial charge in [-0.2, -0.15) is 0 Å². The minimum Gasteiger partial charge on any atom is -0.387 e. The van der Waals surface area contributed by atoms with E-state index >= 15 is 0 Å². The van der Waals surface area contributed by atoms with Crippen molar-refractivity contribution in [1.29, 1.82) is 0 Å². The fraction of sp³-hybridized carbons (Fsp3) is 0.200. The summed E-state index contributed by atoms with van der Waals surface area (Å²) in [5, 5.41) is 10.4. The third-order valence-electron chi connectivity index (χ3n) is 2.65. The maximum atomic E-state index is 10.2. The van der Waals surface area contributed by atoms with Crippen molar-refractivity contribution in [2.24, 2.45) is 0 Å². The highest BCUT2D eigenvalue weighted by molar-refractivity contribution is 8.00. The van der Waals surface area contributed by atoms with Crippen molar-refractivity contribution in [1.82, 2.24) is 0 Å². The van der Waals surface area contributed by atoms with E-state index in [0.717, 1.165) is 5.56 Å². The predicted octanol–water partition coefficient (Wildman–Crippen LogP) is 3.90. The first-order valence-electron chi connectivity index (χ1n) is 5.72. The second kappa shape index (κ2) is 5.89. The molecule has 0 heterocycles. The van der Waals surface area contributed by atoms with Crippen molar-refractivity contribution < 1.29 is 5.11 Å². The van der Waals surface area contributed by atoms with E-state index < -0.39 is 6.10 Å². The summed E-state index contributed by atoms with van der Waals surface area (Å²) in [5.74, 6) is 0. The third kappa shape index (κ3) is 3.35. The average Bonchev–Trinajstić information content (AvgIpc) is 2.40. The Morgan fingerprint density at radius 2 is 1.41 bits per heavy atom. The third-order valence-corrected chi connectivity index (χ3v) is 3.82. The highest BCUT2D eigenvalue weighted by atomic mass is 32.2. The number of benzene rings is 2. The van der Waals surface area contributed by atoms with Crippen molar-refractivity contribution in [2.45, 2.75) is 23.2 Å². The molecule has 0 radical (unpaired) electrons. The molecule has 0 aliphatic carbocycles. The molecule has 88 valence electrons. The maximum Gasteiger partial charge on any atom is 0.0909 e. The number of aliphatic hydroxyl groups excluding tert-OH is 1. The summed E-state index contributed by atoms with van der Waals surface area (Å²) in [7, 11) is 0. The molecule has 1 nitrogen and oxygen atoms in total. The Kier molecular flexibility index (Phi) is 4.24. The van der Waals surface area contributed by atoms with Gasteiger partial charge in [0.2, 0.25) is 0 Å². The van der Waals surface area contributed by atoms with Gasteiger partial charge in [0.15, 0.2) is 0 Å². The van der Waals surface area contributed by atoms with Crippen LogP contribution in [-0.2, 0) is 0 Å². The van der Waals surface area contributed by atoms with Crippen LogP contribution < -0.4 is 0 Å². The maximum absolute atomic E-state index is 10.2. The van der Waals surface area contributed by atoms with Gasteiger partial charge in [0, 0.05) is 10.1 Å². The molecule has 1 N–H and O–H groups in total. The van der Waals surface area contributed by atoms with Crippen LogP contribution in [0.15, 0.2) is 65.6 Å². The van der Waals surface area contributed by atoms with Gasteiger partial charge in [0.1, 0.15) is 0 Å². The van der Waals surface area contributed by atoms with Gasteiger partial charge in [-0.3, -0.25) is 0 Å². The first-order valence-corrected chi connectivity index (χ1v) is 6.60. The Bertz CT molecular complexity index is 441.